The van der Waals surface area contributed by atoms with Crippen LogP contribution in [0.1, 0.15) is 57.8 Å². The van der Waals surface area contributed by atoms with Gasteiger partial charge in [-0.1, -0.05) is 12.8 Å². The average Bonchev–Trinajstić information content (AvgIpc) is 3.32. The highest BCUT2D eigenvalue weighted by Gasteiger charge is 2.62. The van der Waals surface area contributed by atoms with Crippen LogP contribution in [0, 0.1) is 11.8 Å². The predicted octanol–water partition coefficient (Wildman–Crippen LogP) is 1.69. The summed E-state index contributed by atoms with van der Waals surface area (Å²) in [4.78, 5) is 2.07. The zero-order valence-corrected chi connectivity index (χ0v) is 20.8. The van der Waals surface area contributed by atoms with Crippen molar-refractivity contribution >= 4 is 0 Å². The number of ether oxygens (including phenoxy) is 1. The third kappa shape index (κ3) is 6.37. The zero-order valence-electron chi connectivity index (χ0n) is 20.8. The first kappa shape index (κ1) is 29.2. The number of rotatable bonds is 2. The summed E-state index contributed by atoms with van der Waals surface area (Å²) in [6, 6.07) is -2.84. The quantitative estimate of drug-likeness (QED) is 0.290. The summed E-state index contributed by atoms with van der Waals surface area (Å²) in [5.74, 6) is -1.30. The van der Waals surface area contributed by atoms with Gasteiger partial charge in [0.15, 0.2) is 6.23 Å². The lowest BCUT2D eigenvalue weighted by molar-refractivity contribution is -0.300. The Morgan fingerprint density at radius 1 is 1.00 bits per heavy atom. The molecule has 3 aliphatic heterocycles. The smallest absolute Gasteiger partial charge is 0.377 e. The number of nitrogens with one attached hydrogen (secondary N) is 3. The summed E-state index contributed by atoms with van der Waals surface area (Å²) in [6.07, 6.45) is -8.94. The molecule has 216 valence electrons. The van der Waals surface area contributed by atoms with Crippen LogP contribution >= 0.6 is 0 Å². The summed E-state index contributed by atoms with van der Waals surface area (Å²) in [7, 11) is 0. The molecule has 8 N–H and O–H groups in total. The molecule has 0 aromatic heterocycles. The van der Waals surface area contributed by atoms with Crippen LogP contribution in [0.15, 0.2) is 0 Å². The number of hydrazine groups is 1. The van der Waals surface area contributed by atoms with Crippen molar-refractivity contribution in [2.24, 2.45) is 23.3 Å². The van der Waals surface area contributed by atoms with Gasteiger partial charge in [-0.25, -0.2) is 10.9 Å². The number of halogens is 6. The van der Waals surface area contributed by atoms with E-state index in [0.717, 1.165) is 25.7 Å². The van der Waals surface area contributed by atoms with Crippen LogP contribution in [-0.2, 0) is 4.74 Å². The van der Waals surface area contributed by atoms with Gasteiger partial charge < -0.3 is 26.6 Å². The highest BCUT2D eigenvalue weighted by molar-refractivity contribution is 5.03. The van der Waals surface area contributed by atoms with Crippen LogP contribution in [0.3, 0.4) is 0 Å². The van der Waals surface area contributed by atoms with Gasteiger partial charge in [0, 0.05) is 24.7 Å². The van der Waals surface area contributed by atoms with Gasteiger partial charge in [0.05, 0.1) is 12.0 Å². The number of piperidine rings is 1. The maximum Gasteiger partial charge on any atom is 0.421 e. The van der Waals surface area contributed by atoms with E-state index in [1.54, 1.807) is 0 Å². The van der Waals surface area contributed by atoms with Crippen LogP contribution in [0.4, 0.5) is 26.3 Å². The molecule has 6 unspecified atom stereocenters. The first-order valence-corrected chi connectivity index (χ1v) is 13.3. The van der Waals surface area contributed by atoms with Gasteiger partial charge in [0.25, 0.3) is 0 Å². The zero-order chi connectivity index (χ0) is 27.0. The third-order valence-electron chi connectivity index (χ3n) is 8.79. The van der Waals surface area contributed by atoms with Gasteiger partial charge in [-0.3, -0.25) is 4.90 Å². The lowest BCUT2D eigenvalue weighted by Crippen LogP contribution is -2.68. The molecule has 8 nitrogen and oxygen atoms in total. The monoisotopic (exact) mass is 546 g/mol. The van der Waals surface area contributed by atoms with Gasteiger partial charge in [-0.05, 0) is 64.0 Å². The topological polar surface area (TPSA) is 121 Å². The Hall–Kier alpha value is -0.740. The summed E-state index contributed by atoms with van der Waals surface area (Å²) < 4.78 is 89.8. The number of alkyl halides is 6. The van der Waals surface area contributed by atoms with E-state index in [0.29, 0.717) is 31.8 Å². The molecule has 4 bridgehead atoms. The first-order chi connectivity index (χ1) is 17.3. The number of nitrogens with zero attached hydrogens (tertiary/aromatic N) is 1. The molecule has 7 atom stereocenters. The summed E-state index contributed by atoms with van der Waals surface area (Å²) in [5.41, 5.74) is 13.8. The van der Waals surface area contributed by atoms with Crippen LogP contribution in [0.5, 0.6) is 0 Å². The van der Waals surface area contributed by atoms with Crippen molar-refractivity contribution in [2.45, 2.75) is 112 Å². The maximum absolute atomic E-state index is 14.1. The van der Waals surface area contributed by atoms with Crippen LogP contribution in [0.25, 0.3) is 0 Å². The highest BCUT2D eigenvalue weighted by Crippen LogP contribution is 2.41. The standard InChI is InChI=1S/C23H40F6N6O2/c24-22(25,26)15-10-16(31)18-19-33-34-20(37-19)21(36,23(27,28)29)8-2-1-3-9-35(12-17(15)32-18)14-6-4-13(11-30)5-7-14/h13-20,32-34,36H,1-12,30-31H2/t13?,14?,15?,16?,17?,18?,19?,20?,21-/m1/s1. The van der Waals surface area contributed by atoms with Crippen LogP contribution < -0.4 is 27.6 Å². The van der Waals surface area contributed by atoms with E-state index in [1.807, 2.05) is 0 Å². The normalized spacial score (nSPS) is 43.4. The van der Waals surface area contributed by atoms with Gasteiger partial charge >= 0.3 is 12.4 Å². The number of hydrogen-bond donors (Lipinski definition) is 6. The maximum atomic E-state index is 14.1. The molecule has 0 spiro atoms. The van der Waals surface area contributed by atoms with E-state index in [1.165, 1.54) is 0 Å². The Morgan fingerprint density at radius 2 is 1.70 bits per heavy atom. The summed E-state index contributed by atoms with van der Waals surface area (Å²) in [5, 5.41) is 13.7. The molecule has 1 aliphatic carbocycles. The average molecular weight is 547 g/mol. The molecule has 0 aromatic rings. The fourth-order valence-corrected chi connectivity index (χ4v) is 6.45. The minimum Gasteiger partial charge on any atom is -0.377 e. The van der Waals surface area contributed by atoms with Crippen LogP contribution in [-0.4, -0.2) is 84.2 Å². The second-order valence-corrected chi connectivity index (χ2v) is 11.2. The number of fused-ring (bicyclic) bond motifs is 5. The molecule has 0 amide bonds. The van der Waals surface area contributed by atoms with Crippen molar-refractivity contribution in [1.82, 2.24) is 21.1 Å². The van der Waals surface area contributed by atoms with Gasteiger partial charge in [-0.15, -0.1) is 0 Å². The lowest BCUT2D eigenvalue weighted by Gasteiger charge is -2.47. The van der Waals surface area contributed by atoms with Crippen molar-refractivity contribution < 1.29 is 36.2 Å². The molecule has 37 heavy (non-hydrogen) atoms. The fourth-order valence-electron chi connectivity index (χ4n) is 6.45. The molecule has 3 saturated heterocycles. The van der Waals surface area contributed by atoms with Crippen molar-refractivity contribution in [3.63, 3.8) is 0 Å². The molecule has 0 radical (unpaired) electrons. The second kappa shape index (κ2) is 11.4. The minimum atomic E-state index is -4.97. The molecular formula is C23H40F6N6O2. The lowest BCUT2D eigenvalue weighted by atomic mass is 9.81. The van der Waals surface area contributed by atoms with Crippen molar-refractivity contribution in [3.8, 4) is 0 Å². The number of nitrogens with two attached hydrogens (primary N) is 2. The first-order valence-electron chi connectivity index (χ1n) is 13.3. The van der Waals surface area contributed by atoms with E-state index < -0.39 is 60.9 Å². The SMILES string of the molecule is NCC1CCC(N2CCCCC[C@](O)(C(F)(F)F)C3NNC(O3)C3NC(C2)C(C(F)(F)F)CC3N)CC1. The highest BCUT2D eigenvalue weighted by atomic mass is 19.4. The Bertz CT molecular complexity index is 752. The van der Waals surface area contributed by atoms with Crippen molar-refractivity contribution in [2.75, 3.05) is 19.6 Å². The van der Waals surface area contributed by atoms with Crippen molar-refractivity contribution in [3.05, 3.63) is 0 Å². The molecule has 4 fully saturated rings. The van der Waals surface area contributed by atoms with E-state index in [4.69, 9.17) is 16.2 Å². The molecule has 14 heteroatoms. The molecule has 3 heterocycles. The molecular weight excluding hydrogens is 506 g/mol. The van der Waals surface area contributed by atoms with Crippen LogP contribution in [0.2, 0.25) is 0 Å². The molecule has 0 aromatic carbocycles. The van der Waals surface area contributed by atoms with Gasteiger partial charge in [-0.2, -0.15) is 26.3 Å². The number of hydrogen-bond acceptors (Lipinski definition) is 8. The summed E-state index contributed by atoms with van der Waals surface area (Å²) >= 11 is 0. The Labute approximate surface area is 213 Å². The minimum absolute atomic E-state index is 0.0828. The van der Waals surface area contributed by atoms with E-state index in [2.05, 4.69) is 21.1 Å². The molecule has 4 rings (SSSR count). The Morgan fingerprint density at radius 3 is 2.32 bits per heavy atom. The molecule has 1 saturated carbocycles. The fraction of sp³-hybridized carbons (Fsp3) is 1.00. The Balaban J connectivity index is 1.60. The largest absolute Gasteiger partial charge is 0.421 e. The predicted molar refractivity (Wildman–Crippen MR) is 124 cm³/mol. The van der Waals surface area contributed by atoms with Gasteiger partial charge in [0.1, 0.15) is 6.23 Å². The third-order valence-corrected chi connectivity index (χ3v) is 8.79. The summed E-state index contributed by atoms with van der Waals surface area (Å²) in [6.45, 7) is 1.21. The van der Waals surface area contributed by atoms with E-state index in [9.17, 15) is 31.4 Å². The second-order valence-electron chi connectivity index (χ2n) is 11.2. The van der Waals surface area contributed by atoms with E-state index >= 15 is 0 Å². The molecule has 4 aliphatic rings. The van der Waals surface area contributed by atoms with Crippen molar-refractivity contribution in [1.29, 1.82) is 0 Å². The number of aliphatic hydroxyl groups is 1. The Kier molecular flexibility index (Phi) is 9.01. The van der Waals surface area contributed by atoms with E-state index in [-0.39, 0.29) is 25.4 Å². The van der Waals surface area contributed by atoms with Gasteiger partial charge in [0.2, 0.25) is 5.60 Å².